The van der Waals surface area contributed by atoms with Crippen LogP contribution in [0, 0.1) is 6.92 Å². The lowest BCUT2D eigenvalue weighted by atomic mass is 10.1. The normalized spacial score (nSPS) is 15.6. The zero-order valence-corrected chi connectivity index (χ0v) is 20.6. The SMILES string of the molecule is COc1ccc(NC(=O)C2CSCN2C(=O)c2cc(-c3cccs3)nc3c2c(C)nn3C)cc1. The Morgan fingerprint density at radius 3 is 2.71 bits per heavy atom. The fourth-order valence-corrected chi connectivity index (χ4v) is 5.92. The van der Waals surface area contributed by atoms with Crippen molar-refractivity contribution in [1.82, 2.24) is 19.7 Å². The molecule has 34 heavy (non-hydrogen) atoms. The fraction of sp³-hybridized carbons (Fsp3) is 0.250. The topological polar surface area (TPSA) is 89.3 Å². The number of carbonyl (C=O) groups is 2. The molecule has 0 aliphatic carbocycles. The summed E-state index contributed by atoms with van der Waals surface area (Å²) in [6, 6.07) is 12.3. The van der Waals surface area contributed by atoms with E-state index in [9.17, 15) is 9.59 Å². The summed E-state index contributed by atoms with van der Waals surface area (Å²) >= 11 is 3.13. The van der Waals surface area contributed by atoms with E-state index in [2.05, 4.69) is 10.4 Å². The van der Waals surface area contributed by atoms with Gasteiger partial charge in [0.2, 0.25) is 5.91 Å². The number of thioether (sulfide) groups is 1. The zero-order valence-electron chi connectivity index (χ0n) is 18.9. The molecule has 1 atom stereocenters. The highest BCUT2D eigenvalue weighted by Crippen LogP contribution is 2.32. The molecule has 1 aliphatic rings. The smallest absolute Gasteiger partial charge is 0.256 e. The molecule has 1 aromatic carbocycles. The number of pyridine rings is 1. The second kappa shape index (κ2) is 9.11. The number of thiophene rings is 1. The second-order valence-corrected chi connectivity index (χ2v) is 9.90. The summed E-state index contributed by atoms with van der Waals surface area (Å²) in [5.41, 5.74) is 3.28. The number of hydrogen-bond acceptors (Lipinski definition) is 7. The van der Waals surface area contributed by atoms with Gasteiger partial charge in [0.05, 0.1) is 40.2 Å². The third kappa shape index (κ3) is 4.03. The first-order valence-corrected chi connectivity index (χ1v) is 12.7. The summed E-state index contributed by atoms with van der Waals surface area (Å²) in [6.07, 6.45) is 0. The van der Waals surface area contributed by atoms with Crippen molar-refractivity contribution in [2.24, 2.45) is 7.05 Å². The minimum absolute atomic E-state index is 0.193. The van der Waals surface area contributed by atoms with Crippen molar-refractivity contribution in [1.29, 1.82) is 0 Å². The lowest BCUT2D eigenvalue weighted by Gasteiger charge is -2.23. The van der Waals surface area contributed by atoms with Crippen molar-refractivity contribution in [3.63, 3.8) is 0 Å². The number of carbonyl (C=O) groups excluding carboxylic acids is 2. The summed E-state index contributed by atoms with van der Waals surface area (Å²) in [4.78, 5) is 34.4. The Labute approximate surface area is 204 Å². The van der Waals surface area contributed by atoms with Gasteiger partial charge in [-0.3, -0.25) is 14.3 Å². The highest BCUT2D eigenvalue weighted by Gasteiger charge is 2.36. The molecule has 0 spiro atoms. The van der Waals surface area contributed by atoms with Crippen LogP contribution in [0.2, 0.25) is 0 Å². The van der Waals surface area contributed by atoms with Gasteiger partial charge < -0.3 is 15.0 Å². The first-order valence-electron chi connectivity index (χ1n) is 10.7. The maximum Gasteiger partial charge on any atom is 0.256 e. The first kappa shape index (κ1) is 22.4. The Morgan fingerprint density at radius 1 is 1.21 bits per heavy atom. The molecule has 5 rings (SSSR count). The summed E-state index contributed by atoms with van der Waals surface area (Å²) in [5.74, 6) is 1.28. The summed E-state index contributed by atoms with van der Waals surface area (Å²) in [6.45, 7) is 1.87. The van der Waals surface area contributed by atoms with Gasteiger partial charge in [0.15, 0.2) is 5.65 Å². The number of amides is 2. The molecule has 1 unspecified atom stereocenters. The highest BCUT2D eigenvalue weighted by atomic mass is 32.2. The van der Waals surface area contributed by atoms with Gasteiger partial charge in [0.25, 0.3) is 5.91 Å². The second-order valence-electron chi connectivity index (χ2n) is 7.95. The quantitative estimate of drug-likeness (QED) is 0.449. The van der Waals surface area contributed by atoms with E-state index in [1.54, 1.807) is 64.1 Å². The van der Waals surface area contributed by atoms with Gasteiger partial charge in [-0.2, -0.15) is 5.10 Å². The van der Waals surface area contributed by atoms with Crippen molar-refractivity contribution >= 4 is 51.6 Å². The van der Waals surface area contributed by atoms with E-state index in [0.29, 0.717) is 34.3 Å². The predicted molar refractivity (Wildman–Crippen MR) is 135 cm³/mol. The van der Waals surface area contributed by atoms with Gasteiger partial charge in [-0.05, 0) is 48.7 Å². The average molecular weight is 494 g/mol. The number of benzene rings is 1. The van der Waals surface area contributed by atoms with Crippen LogP contribution >= 0.6 is 23.1 Å². The van der Waals surface area contributed by atoms with E-state index in [4.69, 9.17) is 9.72 Å². The first-order chi connectivity index (χ1) is 16.5. The van der Waals surface area contributed by atoms with E-state index in [1.807, 2.05) is 37.6 Å². The number of hydrogen-bond donors (Lipinski definition) is 1. The highest BCUT2D eigenvalue weighted by molar-refractivity contribution is 7.99. The number of ether oxygens (including phenoxy) is 1. The molecule has 3 aromatic heterocycles. The van der Waals surface area contributed by atoms with E-state index in [-0.39, 0.29) is 11.8 Å². The van der Waals surface area contributed by atoms with Gasteiger partial charge in [0, 0.05) is 18.5 Å². The third-order valence-corrected chi connectivity index (χ3v) is 7.68. The predicted octanol–water partition coefficient (Wildman–Crippen LogP) is 4.17. The number of anilines is 1. The number of aryl methyl sites for hydroxylation is 2. The minimum Gasteiger partial charge on any atom is -0.497 e. The summed E-state index contributed by atoms with van der Waals surface area (Å²) in [7, 11) is 3.42. The van der Waals surface area contributed by atoms with Crippen LogP contribution in [0.1, 0.15) is 16.1 Å². The number of nitrogens with one attached hydrogen (secondary N) is 1. The maximum atomic E-state index is 13.8. The molecular weight excluding hydrogens is 470 g/mol. The van der Waals surface area contributed by atoms with Crippen LogP contribution in [-0.2, 0) is 11.8 Å². The Morgan fingerprint density at radius 2 is 2.00 bits per heavy atom. The average Bonchev–Trinajstić information content (AvgIpc) is 3.60. The van der Waals surface area contributed by atoms with Crippen LogP contribution < -0.4 is 10.1 Å². The lowest BCUT2D eigenvalue weighted by molar-refractivity contribution is -0.119. The van der Waals surface area contributed by atoms with Gasteiger partial charge in [-0.25, -0.2) is 4.98 Å². The van der Waals surface area contributed by atoms with E-state index < -0.39 is 6.04 Å². The van der Waals surface area contributed by atoms with Gasteiger partial charge in [-0.1, -0.05) is 6.07 Å². The van der Waals surface area contributed by atoms with Crippen molar-refractivity contribution in [2.45, 2.75) is 13.0 Å². The molecule has 4 aromatic rings. The summed E-state index contributed by atoms with van der Waals surface area (Å²) in [5, 5.41) is 10.1. The van der Waals surface area contributed by atoms with Crippen molar-refractivity contribution in [2.75, 3.05) is 24.1 Å². The van der Waals surface area contributed by atoms with Crippen LogP contribution in [0.5, 0.6) is 5.75 Å². The minimum atomic E-state index is -0.579. The number of fused-ring (bicyclic) bond motifs is 1. The molecule has 0 radical (unpaired) electrons. The van der Waals surface area contributed by atoms with Crippen LogP contribution in [0.4, 0.5) is 5.69 Å². The van der Waals surface area contributed by atoms with E-state index in [0.717, 1.165) is 21.7 Å². The van der Waals surface area contributed by atoms with Crippen molar-refractivity contribution in [3.05, 3.63) is 59.1 Å². The molecule has 8 nitrogen and oxygen atoms in total. The molecule has 0 saturated carbocycles. The number of rotatable bonds is 5. The van der Waals surface area contributed by atoms with Gasteiger partial charge in [0.1, 0.15) is 11.8 Å². The molecule has 174 valence electrons. The molecule has 1 saturated heterocycles. The molecule has 0 bridgehead atoms. The standard InChI is InChI=1S/C24H23N5O3S2/c1-14-21-17(11-18(20-5-4-10-34-20)26-22(21)28(2)27-14)24(31)29-13-33-12-19(29)23(30)25-15-6-8-16(32-3)9-7-15/h4-11,19H,12-13H2,1-3H3,(H,25,30). The molecular formula is C24H23N5O3S2. The maximum absolute atomic E-state index is 13.8. The summed E-state index contributed by atoms with van der Waals surface area (Å²) < 4.78 is 6.87. The van der Waals surface area contributed by atoms with Crippen LogP contribution in [0.25, 0.3) is 21.6 Å². The van der Waals surface area contributed by atoms with Gasteiger partial charge in [-0.15, -0.1) is 23.1 Å². The van der Waals surface area contributed by atoms with Crippen molar-refractivity contribution < 1.29 is 14.3 Å². The van der Waals surface area contributed by atoms with Crippen molar-refractivity contribution in [3.8, 4) is 16.3 Å². The monoisotopic (exact) mass is 493 g/mol. The molecule has 2 amide bonds. The fourth-order valence-electron chi connectivity index (χ4n) is 4.08. The number of nitrogens with zero attached hydrogens (tertiary/aromatic N) is 4. The van der Waals surface area contributed by atoms with E-state index in [1.165, 1.54) is 0 Å². The number of methoxy groups -OCH3 is 1. The molecule has 10 heteroatoms. The Hall–Kier alpha value is -3.37. The van der Waals surface area contributed by atoms with Gasteiger partial charge >= 0.3 is 0 Å². The van der Waals surface area contributed by atoms with E-state index >= 15 is 0 Å². The van der Waals surface area contributed by atoms with Crippen LogP contribution in [0.15, 0.2) is 47.8 Å². The van der Waals surface area contributed by atoms with Crippen LogP contribution in [0.3, 0.4) is 0 Å². The Balaban J connectivity index is 1.48. The number of aromatic nitrogens is 3. The Bertz CT molecular complexity index is 1370. The lowest BCUT2D eigenvalue weighted by Crippen LogP contribution is -2.44. The zero-order chi connectivity index (χ0) is 23.8. The Kier molecular flexibility index (Phi) is 6.01. The third-order valence-electron chi connectivity index (χ3n) is 5.78. The molecule has 4 heterocycles. The molecule has 1 aliphatic heterocycles. The molecule has 1 N–H and O–H groups in total. The largest absolute Gasteiger partial charge is 0.497 e. The molecule has 1 fully saturated rings. The van der Waals surface area contributed by atoms with Crippen LogP contribution in [-0.4, -0.2) is 56.3 Å².